The number of urea groups is 1. The fourth-order valence-electron chi connectivity index (χ4n) is 2.09. The number of amides is 2. The van der Waals surface area contributed by atoms with Crippen LogP contribution in [0.1, 0.15) is 32.7 Å². The molecule has 2 amide bonds. The van der Waals surface area contributed by atoms with E-state index in [9.17, 15) is 4.79 Å². The zero-order valence-electron chi connectivity index (χ0n) is 15.8. The Kier molecular flexibility index (Phi) is 6.04. The molecule has 2 N–H and O–H groups in total. The number of carbonyl (C=O) groups excluding carboxylic acids is 1. The van der Waals surface area contributed by atoms with Crippen molar-refractivity contribution in [3.63, 3.8) is 0 Å². The quantitative estimate of drug-likeness (QED) is 0.615. The highest BCUT2D eigenvalue weighted by Crippen LogP contribution is 2.32. The Morgan fingerprint density at radius 2 is 2.04 bits per heavy atom. The lowest BCUT2D eigenvalue weighted by Gasteiger charge is -2.08. The third-order valence-corrected chi connectivity index (χ3v) is 4.23. The van der Waals surface area contributed by atoms with Crippen LogP contribution in [0.15, 0.2) is 29.0 Å². The maximum atomic E-state index is 11.4. The molecule has 0 aliphatic carbocycles. The van der Waals surface area contributed by atoms with Gasteiger partial charge in [-0.05, 0) is 26.8 Å². The normalized spacial score (nSPS) is 11.9. The van der Waals surface area contributed by atoms with E-state index in [1.807, 2.05) is 13.8 Å². The first-order chi connectivity index (χ1) is 13.4. The molecule has 3 aromatic rings. The maximum absolute atomic E-state index is 11.4. The molecular formula is C17H20N6O4S. The van der Waals surface area contributed by atoms with Gasteiger partial charge in [0.25, 0.3) is 5.19 Å². The molecule has 0 aromatic carbocycles. The van der Waals surface area contributed by atoms with E-state index in [0.717, 1.165) is 0 Å². The van der Waals surface area contributed by atoms with Gasteiger partial charge in [-0.2, -0.15) is 4.98 Å². The number of ether oxygens (including phenoxy) is 2. The average Bonchev–Trinajstić information content (AvgIpc) is 3.32. The molecule has 0 saturated heterocycles. The summed E-state index contributed by atoms with van der Waals surface area (Å²) in [5, 5.41) is 9.47. The SMILES string of the molecule is CNC(=O)NC(C)c1nc(-c2cnc(Oc3ccc(OC(C)C)nc3)s2)no1. The molecule has 0 radical (unpaired) electrons. The largest absolute Gasteiger partial charge is 0.475 e. The molecule has 0 saturated carbocycles. The van der Waals surface area contributed by atoms with Crippen LogP contribution in [-0.2, 0) is 0 Å². The van der Waals surface area contributed by atoms with Crippen molar-refractivity contribution < 1.29 is 18.8 Å². The monoisotopic (exact) mass is 404 g/mol. The van der Waals surface area contributed by atoms with Crippen molar-refractivity contribution in [2.75, 3.05) is 7.05 Å². The van der Waals surface area contributed by atoms with Crippen LogP contribution in [0.3, 0.4) is 0 Å². The second-order valence-electron chi connectivity index (χ2n) is 5.99. The number of pyridine rings is 1. The Labute approximate surface area is 165 Å². The molecule has 0 bridgehead atoms. The first-order valence-electron chi connectivity index (χ1n) is 8.53. The van der Waals surface area contributed by atoms with Gasteiger partial charge < -0.3 is 24.6 Å². The number of nitrogens with zero attached hydrogens (tertiary/aromatic N) is 4. The third kappa shape index (κ3) is 4.94. The van der Waals surface area contributed by atoms with Crippen molar-refractivity contribution in [3.8, 4) is 27.5 Å². The van der Waals surface area contributed by atoms with Gasteiger partial charge in [0.15, 0.2) is 0 Å². The van der Waals surface area contributed by atoms with E-state index in [2.05, 4.69) is 30.7 Å². The van der Waals surface area contributed by atoms with Gasteiger partial charge in [0.2, 0.25) is 17.6 Å². The second kappa shape index (κ2) is 8.65. The van der Waals surface area contributed by atoms with Crippen LogP contribution in [0.25, 0.3) is 10.7 Å². The molecule has 0 aliphatic heterocycles. The Morgan fingerprint density at radius 1 is 1.21 bits per heavy atom. The first kappa shape index (κ1) is 19.5. The van der Waals surface area contributed by atoms with Crippen LogP contribution >= 0.6 is 11.3 Å². The highest BCUT2D eigenvalue weighted by Gasteiger charge is 2.18. The van der Waals surface area contributed by atoms with E-state index in [1.165, 1.54) is 18.4 Å². The van der Waals surface area contributed by atoms with E-state index in [4.69, 9.17) is 14.0 Å². The van der Waals surface area contributed by atoms with Crippen molar-refractivity contribution in [2.45, 2.75) is 32.9 Å². The van der Waals surface area contributed by atoms with Crippen LogP contribution in [-0.4, -0.2) is 39.3 Å². The summed E-state index contributed by atoms with van der Waals surface area (Å²) in [7, 11) is 1.53. The first-order valence-corrected chi connectivity index (χ1v) is 9.35. The molecule has 28 heavy (non-hydrogen) atoms. The highest BCUT2D eigenvalue weighted by molar-refractivity contribution is 7.16. The van der Waals surface area contributed by atoms with Crippen molar-refractivity contribution in [2.24, 2.45) is 0 Å². The molecule has 3 heterocycles. The molecule has 0 fully saturated rings. The lowest BCUT2D eigenvalue weighted by Crippen LogP contribution is -2.34. The summed E-state index contributed by atoms with van der Waals surface area (Å²) in [6.45, 7) is 5.61. The number of nitrogens with one attached hydrogen (secondary N) is 2. The Balaban J connectivity index is 1.65. The lowest BCUT2D eigenvalue weighted by atomic mass is 10.3. The van der Waals surface area contributed by atoms with Crippen LogP contribution in [0.5, 0.6) is 16.8 Å². The minimum atomic E-state index is -0.428. The molecule has 1 unspecified atom stereocenters. The third-order valence-electron chi connectivity index (χ3n) is 3.36. The van der Waals surface area contributed by atoms with E-state index in [-0.39, 0.29) is 12.1 Å². The van der Waals surface area contributed by atoms with Gasteiger partial charge in [0, 0.05) is 13.1 Å². The zero-order valence-corrected chi connectivity index (χ0v) is 16.6. The fourth-order valence-corrected chi connectivity index (χ4v) is 2.80. The van der Waals surface area contributed by atoms with Crippen LogP contribution in [0.2, 0.25) is 0 Å². The van der Waals surface area contributed by atoms with Crippen molar-refractivity contribution in [1.82, 2.24) is 30.7 Å². The number of hydrogen-bond donors (Lipinski definition) is 2. The zero-order chi connectivity index (χ0) is 20.1. The van der Waals surface area contributed by atoms with Crippen LogP contribution in [0, 0.1) is 0 Å². The molecule has 3 aromatic heterocycles. The van der Waals surface area contributed by atoms with E-state index < -0.39 is 6.04 Å². The van der Waals surface area contributed by atoms with Gasteiger partial charge >= 0.3 is 6.03 Å². The average molecular weight is 404 g/mol. The Morgan fingerprint density at radius 3 is 2.71 bits per heavy atom. The summed E-state index contributed by atoms with van der Waals surface area (Å²) < 4.78 is 16.4. The minimum absolute atomic E-state index is 0.0508. The van der Waals surface area contributed by atoms with Crippen LogP contribution < -0.4 is 20.1 Å². The van der Waals surface area contributed by atoms with E-state index >= 15 is 0 Å². The molecular weight excluding hydrogens is 384 g/mol. The molecule has 1 atom stereocenters. The smallest absolute Gasteiger partial charge is 0.315 e. The summed E-state index contributed by atoms with van der Waals surface area (Å²) in [5.74, 6) is 1.72. The number of rotatable bonds is 7. The van der Waals surface area contributed by atoms with Crippen LogP contribution in [0.4, 0.5) is 4.79 Å². The molecule has 10 nitrogen and oxygen atoms in total. The Bertz CT molecular complexity index is 924. The second-order valence-corrected chi connectivity index (χ2v) is 6.99. The summed E-state index contributed by atoms with van der Waals surface area (Å²) in [5.41, 5.74) is 0. The van der Waals surface area contributed by atoms with E-state index in [1.54, 1.807) is 31.5 Å². The topological polar surface area (TPSA) is 124 Å². The highest BCUT2D eigenvalue weighted by atomic mass is 32.1. The summed E-state index contributed by atoms with van der Waals surface area (Å²) in [6.07, 6.45) is 3.21. The van der Waals surface area contributed by atoms with Crippen molar-refractivity contribution in [3.05, 3.63) is 30.4 Å². The summed E-state index contributed by atoms with van der Waals surface area (Å²) in [6, 6.07) is 2.72. The maximum Gasteiger partial charge on any atom is 0.315 e. The van der Waals surface area contributed by atoms with Gasteiger partial charge in [-0.3, -0.25) is 0 Å². The predicted molar refractivity (Wildman–Crippen MR) is 101 cm³/mol. The standard InChI is InChI=1S/C17H20N6O4S/c1-9(2)25-13-6-5-11(7-19-13)26-17-20-8-12(28-17)14-22-15(27-23-14)10(3)21-16(24)18-4/h5-10H,1-4H3,(H2,18,21,24). The molecule has 148 valence electrons. The van der Waals surface area contributed by atoms with Gasteiger partial charge in [-0.1, -0.05) is 16.5 Å². The number of aromatic nitrogens is 4. The Hall–Kier alpha value is -3.21. The van der Waals surface area contributed by atoms with Gasteiger partial charge in [0.1, 0.15) is 11.8 Å². The summed E-state index contributed by atoms with van der Waals surface area (Å²) >= 11 is 1.26. The summed E-state index contributed by atoms with van der Waals surface area (Å²) in [4.78, 5) is 24.7. The number of carbonyl (C=O) groups is 1. The predicted octanol–water partition coefficient (Wildman–Crippen LogP) is 3.16. The van der Waals surface area contributed by atoms with Crippen molar-refractivity contribution >= 4 is 17.4 Å². The molecule has 0 spiro atoms. The lowest BCUT2D eigenvalue weighted by molar-refractivity contribution is 0.232. The fraction of sp³-hybridized carbons (Fsp3) is 0.353. The molecule has 0 aliphatic rings. The van der Waals surface area contributed by atoms with Gasteiger partial charge in [0.05, 0.1) is 23.4 Å². The van der Waals surface area contributed by atoms with Gasteiger partial charge in [-0.15, -0.1) is 0 Å². The minimum Gasteiger partial charge on any atom is -0.475 e. The molecule has 3 rings (SSSR count). The van der Waals surface area contributed by atoms with E-state index in [0.29, 0.717) is 33.4 Å². The van der Waals surface area contributed by atoms with Crippen molar-refractivity contribution in [1.29, 1.82) is 0 Å². The van der Waals surface area contributed by atoms with Gasteiger partial charge in [-0.25, -0.2) is 14.8 Å². The number of hydrogen-bond acceptors (Lipinski definition) is 9. The number of thiazole rings is 1. The molecule has 11 heteroatoms.